The van der Waals surface area contributed by atoms with Gasteiger partial charge in [0, 0.05) is 13.1 Å². The maximum atomic E-state index is 12.9. The van der Waals surface area contributed by atoms with Crippen LogP contribution < -0.4 is 11.1 Å². The Hall–Kier alpha value is -2.44. The average molecular weight is 394 g/mol. The molecule has 0 unspecified atom stereocenters. The van der Waals surface area contributed by atoms with Crippen LogP contribution in [0.3, 0.4) is 0 Å². The lowest BCUT2D eigenvalue weighted by molar-refractivity contribution is -0.136. The predicted octanol–water partition coefficient (Wildman–Crippen LogP) is 2.28. The second-order valence-electron chi connectivity index (χ2n) is 6.05. The highest BCUT2D eigenvalue weighted by Gasteiger charge is 2.22. The van der Waals surface area contributed by atoms with Crippen molar-refractivity contribution in [3.8, 4) is 0 Å². The van der Waals surface area contributed by atoms with Crippen molar-refractivity contribution in [2.45, 2.75) is 25.9 Å². The zero-order chi connectivity index (χ0) is 18.9. The molecule has 0 bridgehead atoms. The number of nitrogens with one attached hydrogen (secondary N) is 1. The van der Waals surface area contributed by atoms with E-state index in [4.69, 9.17) is 5.73 Å². The molecule has 0 saturated carbocycles. The van der Waals surface area contributed by atoms with Gasteiger partial charge < -0.3 is 16.0 Å². The number of hydrogen-bond acceptors (Lipinski definition) is 3. The van der Waals surface area contributed by atoms with Gasteiger partial charge in [-0.25, -0.2) is 4.39 Å². The molecule has 2 amide bonds. The molecule has 0 radical (unpaired) electrons. The van der Waals surface area contributed by atoms with E-state index >= 15 is 0 Å². The minimum absolute atomic E-state index is 0. The van der Waals surface area contributed by atoms with Gasteiger partial charge in [-0.3, -0.25) is 9.59 Å². The molecule has 0 spiro atoms. The summed E-state index contributed by atoms with van der Waals surface area (Å²) < 4.78 is 12.9. The van der Waals surface area contributed by atoms with Crippen molar-refractivity contribution < 1.29 is 14.0 Å². The number of carbonyl (C=O) groups excluding carboxylic acids is 2. The molecule has 3 N–H and O–H groups in total. The zero-order valence-corrected chi connectivity index (χ0v) is 16.0. The van der Waals surface area contributed by atoms with Crippen molar-refractivity contribution in [2.24, 2.45) is 5.73 Å². The molecule has 0 fully saturated rings. The summed E-state index contributed by atoms with van der Waals surface area (Å²) in [6.45, 7) is 2.42. The molecule has 0 aromatic heterocycles. The number of hydrogen-bond donors (Lipinski definition) is 2. The summed E-state index contributed by atoms with van der Waals surface area (Å²) in [7, 11) is 0. The average Bonchev–Trinajstić information content (AvgIpc) is 2.66. The van der Waals surface area contributed by atoms with E-state index in [9.17, 15) is 14.0 Å². The number of benzene rings is 2. The van der Waals surface area contributed by atoms with Crippen LogP contribution in [0.2, 0.25) is 0 Å². The molecule has 2 rings (SSSR count). The molecule has 5 nitrogen and oxygen atoms in total. The van der Waals surface area contributed by atoms with Gasteiger partial charge >= 0.3 is 0 Å². The highest BCUT2D eigenvalue weighted by atomic mass is 35.5. The molecular formula is C20H25ClFN3O2. The zero-order valence-electron chi connectivity index (χ0n) is 15.2. The monoisotopic (exact) mass is 393 g/mol. The number of nitrogens with zero attached hydrogens (tertiary/aromatic N) is 1. The third kappa shape index (κ3) is 7.37. The first-order valence-electron chi connectivity index (χ1n) is 8.59. The van der Waals surface area contributed by atoms with Crippen LogP contribution in [0.25, 0.3) is 0 Å². The first-order valence-corrected chi connectivity index (χ1v) is 8.59. The van der Waals surface area contributed by atoms with E-state index in [0.717, 1.165) is 11.1 Å². The molecule has 146 valence electrons. The second-order valence-corrected chi connectivity index (χ2v) is 6.05. The number of amides is 2. The van der Waals surface area contributed by atoms with E-state index in [0.29, 0.717) is 13.0 Å². The normalized spacial score (nSPS) is 11.2. The summed E-state index contributed by atoms with van der Waals surface area (Å²) in [5.74, 6) is -0.861. The van der Waals surface area contributed by atoms with E-state index in [1.54, 1.807) is 19.1 Å². The first-order chi connectivity index (χ1) is 12.5. The first kappa shape index (κ1) is 22.6. The molecule has 0 aliphatic heterocycles. The Morgan fingerprint density at radius 3 is 2.30 bits per heavy atom. The van der Waals surface area contributed by atoms with Crippen LogP contribution in [-0.2, 0) is 22.6 Å². The lowest BCUT2D eigenvalue weighted by atomic mass is 10.1. The SMILES string of the molecule is CCN(CC(=O)NCc1ccc(F)cc1)C(=O)[C@@H](N)Cc1ccccc1.Cl. The fourth-order valence-electron chi connectivity index (χ4n) is 2.57. The Labute approximate surface area is 165 Å². The lowest BCUT2D eigenvalue weighted by Gasteiger charge is -2.24. The maximum Gasteiger partial charge on any atom is 0.240 e. The molecule has 0 aliphatic rings. The third-order valence-electron chi connectivity index (χ3n) is 4.05. The van der Waals surface area contributed by atoms with Gasteiger partial charge in [0.15, 0.2) is 0 Å². The van der Waals surface area contributed by atoms with Crippen molar-refractivity contribution in [2.75, 3.05) is 13.1 Å². The Morgan fingerprint density at radius 1 is 1.07 bits per heavy atom. The summed E-state index contributed by atoms with van der Waals surface area (Å²) in [6, 6.07) is 14.7. The summed E-state index contributed by atoms with van der Waals surface area (Å²) in [5, 5.41) is 2.73. The van der Waals surface area contributed by atoms with Gasteiger partial charge in [0.05, 0.1) is 12.6 Å². The molecule has 1 atom stereocenters. The van der Waals surface area contributed by atoms with Gasteiger partial charge in [-0.1, -0.05) is 42.5 Å². The van der Waals surface area contributed by atoms with E-state index in [2.05, 4.69) is 5.32 Å². The van der Waals surface area contributed by atoms with Crippen molar-refractivity contribution in [1.82, 2.24) is 10.2 Å². The van der Waals surface area contributed by atoms with Crippen LogP contribution in [0.4, 0.5) is 4.39 Å². The molecule has 27 heavy (non-hydrogen) atoms. The number of halogens is 2. The Bertz CT molecular complexity index is 726. The van der Waals surface area contributed by atoms with Gasteiger partial charge in [0.2, 0.25) is 11.8 Å². The largest absolute Gasteiger partial charge is 0.350 e. The van der Waals surface area contributed by atoms with E-state index in [1.165, 1.54) is 17.0 Å². The van der Waals surface area contributed by atoms with E-state index in [-0.39, 0.29) is 43.1 Å². The molecule has 0 heterocycles. The molecule has 0 saturated heterocycles. The molecule has 2 aromatic carbocycles. The third-order valence-corrected chi connectivity index (χ3v) is 4.05. The highest BCUT2D eigenvalue weighted by molar-refractivity contribution is 5.87. The quantitative estimate of drug-likeness (QED) is 0.722. The van der Waals surface area contributed by atoms with Crippen LogP contribution in [0.5, 0.6) is 0 Å². The minimum Gasteiger partial charge on any atom is -0.350 e. The molecule has 2 aromatic rings. The van der Waals surface area contributed by atoms with Crippen molar-refractivity contribution in [3.05, 3.63) is 71.5 Å². The van der Waals surface area contributed by atoms with Gasteiger partial charge in [0.25, 0.3) is 0 Å². The van der Waals surface area contributed by atoms with Crippen molar-refractivity contribution in [3.63, 3.8) is 0 Å². The smallest absolute Gasteiger partial charge is 0.240 e. The van der Waals surface area contributed by atoms with Crippen LogP contribution in [0, 0.1) is 5.82 Å². The topological polar surface area (TPSA) is 75.4 Å². The van der Waals surface area contributed by atoms with E-state index < -0.39 is 6.04 Å². The summed E-state index contributed by atoms with van der Waals surface area (Å²) in [5.41, 5.74) is 7.79. The van der Waals surface area contributed by atoms with E-state index in [1.807, 2.05) is 30.3 Å². The van der Waals surface area contributed by atoms with Crippen LogP contribution in [0.15, 0.2) is 54.6 Å². The Kier molecular flexibility index (Phi) is 9.47. The van der Waals surface area contributed by atoms with Gasteiger partial charge in [-0.05, 0) is 36.6 Å². The fourth-order valence-corrected chi connectivity index (χ4v) is 2.57. The Balaban J connectivity index is 0.00000364. The molecule has 7 heteroatoms. The second kappa shape index (κ2) is 11.3. The Morgan fingerprint density at radius 2 is 1.70 bits per heavy atom. The highest BCUT2D eigenvalue weighted by Crippen LogP contribution is 2.05. The maximum absolute atomic E-state index is 12.9. The summed E-state index contributed by atoms with van der Waals surface area (Å²) in [4.78, 5) is 26.1. The fraction of sp³-hybridized carbons (Fsp3) is 0.300. The summed E-state index contributed by atoms with van der Waals surface area (Å²) >= 11 is 0. The summed E-state index contributed by atoms with van der Waals surface area (Å²) in [6.07, 6.45) is 0.424. The van der Waals surface area contributed by atoms with Gasteiger partial charge in [0.1, 0.15) is 5.82 Å². The minimum atomic E-state index is -0.692. The standard InChI is InChI=1S/C20H24FN3O2.ClH/c1-2-24(20(26)18(22)12-15-6-4-3-5-7-15)14-19(25)23-13-16-8-10-17(21)11-9-16;/h3-11,18H,2,12-14,22H2,1H3,(H,23,25);1H/t18-;/m0./s1. The van der Waals surface area contributed by atoms with Crippen LogP contribution >= 0.6 is 12.4 Å². The number of rotatable bonds is 8. The number of carbonyl (C=O) groups is 2. The molecular weight excluding hydrogens is 369 g/mol. The predicted molar refractivity (Wildman–Crippen MR) is 106 cm³/mol. The lowest BCUT2D eigenvalue weighted by Crippen LogP contribution is -2.48. The van der Waals surface area contributed by atoms with Gasteiger partial charge in [-0.2, -0.15) is 0 Å². The van der Waals surface area contributed by atoms with Crippen LogP contribution in [0.1, 0.15) is 18.1 Å². The number of likely N-dealkylation sites (N-methyl/N-ethyl adjacent to an activating group) is 1. The van der Waals surface area contributed by atoms with Crippen LogP contribution in [-0.4, -0.2) is 35.8 Å². The van der Waals surface area contributed by atoms with Crippen molar-refractivity contribution in [1.29, 1.82) is 0 Å². The van der Waals surface area contributed by atoms with Crippen molar-refractivity contribution >= 4 is 24.2 Å². The van der Waals surface area contributed by atoms with Gasteiger partial charge in [-0.15, -0.1) is 12.4 Å². The molecule has 0 aliphatic carbocycles. The number of nitrogens with two attached hydrogens (primary N) is 1.